The standard InChI is InChI=1S/C12H8F8N4O3S/c1-24-8(10(13,14)11(15,16)17)21-22-9(24)27-7-4-2-6(3-5-7)23-28(25,26)12(18,19)20/h2-5,23H,1H3. The molecule has 0 bridgehead atoms. The van der Waals surface area contributed by atoms with Gasteiger partial charge < -0.3 is 4.74 Å². The van der Waals surface area contributed by atoms with Crippen molar-refractivity contribution in [3.05, 3.63) is 30.1 Å². The van der Waals surface area contributed by atoms with Gasteiger partial charge in [0.2, 0.25) is 5.82 Å². The molecule has 0 saturated carbocycles. The Morgan fingerprint density at radius 3 is 1.96 bits per heavy atom. The van der Waals surface area contributed by atoms with Gasteiger partial charge in [-0.1, -0.05) is 5.10 Å². The van der Waals surface area contributed by atoms with E-state index in [1.807, 2.05) is 0 Å². The summed E-state index contributed by atoms with van der Waals surface area (Å²) in [6, 6.07) is 2.73. The van der Waals surface area contributed by atoms with Crippen LogP contribution in [0.3, 0.4) is 0 Å². The van der Waals surface area contributed by atoms with Gasteiger partial charge in [-0.3, -0.25) is 9.29 Å². The highest BCUT2D eigenvalue weighted by atomic mass is 32.2. The molecular weight excluding hydrogens is 432 g/mol. The van der Waals surface area contributed by atoms with Crippen molar-refractivity contribution in [2.24, 2.45) is 7.05 Å². The van der Waals surface area contributed by atoms with Crippen molar-refractivity contribution in [2.45, 2.75) is 17.6 Å². The van der Waals surface area contributed by atoms with Crippen molar-refractivity contribution >= 4 is 15.7 Å². The predicted octanol–water partition coefficient (Wildman–Crippen LogP) is 3.52. The average Bonchev–Trinajstić information content (AvgIpc) is 2.88. The van der Waals surface area contributed by atoms with Crippen LogP contribution in [0.4, 0.5) is 40.8 Å². The average molecular weight is 440 g/mol. The number of benzene rings is 1. The minimum atomic E-state index is -5.93. The Balaban J connectivity index is 2.20. The van der Waals surface area contributed by atoms with Crippen LogP contribution in [-0.2, 0) is 23.0 Å². The maximum Gasteiger partial charge on any atom is 0.516 e. The number of ether oxygens (including phenoxy) is 1. The summed E-state index contributed by atoms with van der Waals surface area (Å²) < 4.78 is 129. The first-order valence-corrected chi connectivity index (χ1v) is 8.26. The summed E-state index contributed by atoms with van der Waals surface area (Å²) in [5.41, 5.74) is -6.06. The van der Waals surface area contributed by atoms with Gasteiger partial charge in [-0.15, -0.1) is 5.10 Å². The van der Waals surface area contributed by atoms with Crippen molar-refractivity contribution in [1.29, 1.82) is 0 Å². The SMILES string of the molecule is Cn1c(Oc2ccc(NS(=O)(=O)C(F)(F)F)cc2)nnc1C(F)(F)C(F)(F)F. The Hall–Kier alpha value is -2.65. The number of alkyl halides is 8. The van der Waals surface area contributed by atoms with E-state index in [1.165, 1.54) is 4.72 Å². The second kappa shape index (κ2) is 6.75. The fourth-order valence-corrected chi connectivity index (χ4v) is 2.28. The predicted molar refractivity (Wildman–Crippen MR) is 76.1 cm³/mol. The molecule has 0 spiro atoms. The van der Waals surface area contributed by atoms with Gasteiger partial charge in [0.1, 0.15) is 5.75 Å². The molecule has 1 N–H and O–H groups in total. The molecule has 0 aliphatic rings. The van der Waals surface area contributed by atoms with E-state index in [9.17, 15) is 43.5 Å². The first-order chi connectivity index (χ1) is 12.6. The van der Waals surface area contributed by atoms with E-state index in [0.29, 0.717) is 0 Å². The summed E-state index contributed by atoms with van der Waals surface area (Å²) in [5.74, 6) is -7.31. The van der Waals surface area contributed by atoms with Crippen LogP contribution in [0.15, 0.2) is 24.3 Å². The lowest BCUT2D eigenvalue weighted by atomic mass is 10.3. The highest BCUT2D eigenvalue weighted by molar-refractivity contribution is 7.93. The first-order valence-electron chi connectivity index (χ1n) is 6.77. The molecular formula is C12H8F8N4O3S. The number of nitrogens with one attached hydrogen (secondary N) is 1. The van der Waals surface area contributed by atoms with Crippen LogP contribution in [0.1, 0.15) is 5.82 Å². The van der Waals surface area contributed by atoms with Crippen molar-refractivity contribution in [3.8, 4) is 11.8 Å². The highest BCUT2D eigenvalue weighted by Gasteiger charge is 2.62. The maximum atomic E-state index is 13.3. The topological polar surface area (TPSA) is 86.1 Å². The van der Waals surface area contributed by atoms with Crippen LogP contribution in [0.5, 0.6) is 11.8 Å². The summed E-state index contributed by atoms with van der Waals surface area (Å²) in [4.78, 5) is 0. The van der Waals surface area contributed by atoms with E-state index in [-0.39, 0.29) is 10.3 Å². The molecule has 156 valence electrons. The lowest BCUT2D eigenvalue weighted by Gasteiger charge is -2.18. The molecule has 2 rings (SSSR count). The molecule has 0 saturated heterocycles. The van der Waals surface area contributed by atoms with E-state index >= 15 is 0 Å². The van der Waals surface area contributed by atoms with Crippen LogP contribution < -0.4 is 9.46 Å². The number of aromatic nitrogens is 3. The molecule has 28 heavy (non-hydrogen) atoms. The Kier molecular flexibility index (Phi) is 5.22. The number of hydrogen-bond donors (Lipinski definition) is 1. The zero-order valence-electron chi connectivity index (χ0n) is 13.3. The van der Waals surface area contributed by atoms with E-state index in [0.717, 1.165) is 31.3 Å². The van der Waals surface area contributed by atoms with E-state index in [4.69, 9.17) is 4.74 Å². The summed E-state index contributed by atoms with van der Waals surface area (Å²) in [5, 5.41) is 5.80. The van der Waals surface area contributed by atoms with Gasteiger partial charge in [0.25, 0.3) is 0 Å². The molecule has 7 nitrogen and oxygen atoms in total. The number of hydrogen-bond acceptors (Lipinski definition) is 5. The third kappa shape index (κ3) is 4.10. The second-order valence-corrected chi connectivity index (χ2v) is 6.79. The Morgan fingerprint density at radius 1 is 0.964 bits per heavy atom. The number of nitrogens with zero attached hydrogens (tertiary/aromatic N) is 3. The second-order valence-electron chi connectivity index (χ2n) is 5.12. The van der Waals surface area contributed by atoms with Gasteiger partial charge in [-0.25, -0.2) is 0 Å². The van der Waals surface area contributed by atoms with Gasteiger partial charge >= 0.3 is 33.6 Å². The fraction of sp³-hybridized carbons (Fsp3) is 0.333. The molecule has 0 radical (unpaired) electrons. The van der Waals surface area contributed by atoms with E-state index < -0.39 is 45.2 Å². The minimum absolute atomic E-state index is 0.230. The number of halogens is 8. The molecule has 0 amide bonds. The molecule has 0 aliphatic heterocycles. The van der Waals surface area contributed by atoms with Crippen LogP contribution in [0, 0.1) is 0 Å². The Bertz CT molecular complexity index is 951. The van der Waals surface area contributed by atoms with Crippen molar-refractivity contribution in [3.63, 3.8) is 0 Å². The monoisotopic (exact) mass is 440 g/mol. The lowest BCUT2D eigenvalue weighted by Crippen LogP contribution is -2.36. The van der Waals surface area contributed by atoms with Crippen LogP contribution in [0.2, 0.25) is 0 Å². The quantitative estimate of drug-likeness (QED) is 0.720. The zero-order valence-corrected chi connectivity index (χ0v) is 14.1. The van der Waals surface area contributed by atoms with Crippen molar-refractivity contribution in [2.75, 3.05) is 4.72 Å². The van der Waals surface area contributed by atoms with Gasteiger partial charge in [0.15, 0.2) is 0 Å². The molecule has 1 heterocycles. The van der Waals surface area contributed by atoms with Gasteiger partial charge in [-0.05, 0) is 24.3 Å². The zero-order chi connectivity index (χ0) is 21.5. The number of rotatable bonds is 5. The molecule has 0 aliphatic carbocycles. The van der Waals surface area contributed by atoms with Gasteiger partial charge in [-0.2, -0.15) is 43.5 Å². The van der Waals surface area contributed by atoms with Crippen molar-refractivity contribution < 1.29 is 48.3 Å². The summed E-state index contributed by atoms with van der Waals surface area (Å²) in [6.45, 7) is 0. The molecule has 1 aromatic heterocycles. The van der Waals surface area contributed by atoms with E-state index in [1.54, 1.807) is 0 Å². The molecule has 2 aromatic rings. The summed E-state index contributed by atoms with van der Waals surface area (Å²) in [6.07, 6.45) is -5.93. The Labute approximate surface area is 151 Å². The van der Waals surface area contributed by atoms with Crippen LogP contribution in [-0.4, -0.2) is 34.9 Å². The molecule has 1 aromatic carbocycles. The van der Waals surface area contributed by atoms with E-state index in [2.05, 4.69) is 10.2 Å². The number of sulfonamides is 1. The summed E-state index contributed by atoms with van der Waals surface area (Å²) >= 11 is 0. The van der Waals surface area contributed by atoms with Crippen LogP contribution in [0.25, 0.3) is 0 Å². The summed E-state index contributed by atoms with van der Waals surface area (Å²) in [7, 11) is -4.89. The fourth-order valence-electron chi connectivity index (χ4n) is 1.71. The smallest absolute Gasteiger partial charge is 0.424 e. The van der Waals surface area contributed by atoms with Gasteiger partial charge in [0, 0.05) is 12.7 Å². The van der Waals surface area contributed by atoms with Gasteiger partial charge in [0.05, 0.1) is 0 Å². The highest BCUT2D eigenvalue weighted by Crippen LogP contribution is 2.43. The third-order valence-corrected chi connectivity index (χ3v) is 4.21. The molecule has 0 fully saturated rings. The third-order valence-electron chi connectivity index (χ3n) is 3.09. The van der Waals surface area contributed by atoms with Crippen LogP contribution >= 0.6 is 0 Å². The first kappa shape index (κ1) is 21.6. The molecule has 0 atom stereocenters. The molecule has 0 unspecified atom stereocenters. The number of anilines is 1. The molecule has 16 heteroatoms. The lowest BCUT2D eigenvalue weighted by molar-refractivity contribution is -0.293. The van der Waals surface area contributed by atoms with Crippen molar-refractivity contribution in [1.82, 2.24) is 14.8 Å². The Morgan fingerprint density at radius 2 is 1.50 bits per heavy atom. The minimum Gasteiger partial charge on any atom is -0.424 e. The normalized spacial score (nSPS) is 13.5. The maximum absolute atomic E-state index is 13.3. The largest absolute Gasteiger partial charge is 0.516 e.